The lowest BCUT2D eigenvalue weighted by Gasteiger charge is -2.14. The smallest absolute Gasteiger partial charge is 0.404 e. The Morgan fingerprint density at radius 3 is 2.45 bits per heavy atom. The second-order valence-corrected chi connectivity index (χ2v) is 4.08. The van der Waals surface area contributed by atoms with Gasteiger partial charge in [0.25, 0.3) is 0 Å². The number of hydrogen-bond donors (Lipinski definition) is 1. The number of ether oxygens (including phenoxy) is 1. The number of hydrogen-bond acceptors (Lipinski definition) is 3. The summed E-state index contributed by atoms with van der Waals surface area (Å²) in [5.41, 5.74) is 1.38. The van der Waals surface area contributed by atoms with Crippen molar-refractivity contribution >= 4 is 5.69 Å². The number of aromatic nitrogens is 1. The van der Waals surface area contributed by atoms with Gasteiger partial charge in [-0.2, -0.15) is 0 Å². The van der Waals surface area contributed by atoms with Gasteiger partial charge in [-0.15, -0.1) is 13.2 Å². The Morgan fingerprint density at radius 2 is 1.75 bits per heavy atom. The van der Waals surface area contributed by atoms with Gasteiger partial charge in [-0.25, -0.2) is 0 Å². The van der Waals surface area contributed by atoms with E-state index in [4.69, 9.17) is 0 Å². The molecule has 0 spiro atoms. The summed E-state index contributed by atoms with van der Waals surface area (Å²) in [5, 5.41) is 2.94. The lowest BCUT2D eigenvalue weighted by atomic mass is 10.2. The third-order valence-corrected chi connectivity index (χ3v) is 2.59. The van der Waals surface area contributed by atoms with Crippen molar-refractivity contribution in [1.29, 1.82) is 0 Å². The lowest BCUT2D eigenvalue weighted by Crippen LogP contribution is -2.18. The highest BCUT2D eigenvalue weighted by Crippen LogP contribution is 2.29. The van der Waals surface area contributed by atoms with Crippen molar-refractivity contribution in [2.75, 3.05) is 11.9 Å². The first-order chi connectivity index (χ1) is 9.54. The van der Waals surface area contributed by atoms with Crippen LogP contribution in [0.25, 0.3) is 0 Å². The number of alkyl halides is 3. The molecule has 0 aliphatic heterocycles. The van der Waals surface area contributed by atoms with E-state index in [1.54, 1.807) is 24.5 Å². The standard InChI is InChI=1S/C14H13F3N2O/c15-14(16,17)20-13-4-2-1-3-12(13)19-10-7-11-5-8-18-9-6-11/h1-6,8-9,19H,7,10H2. The molecular weight excluding hydrogens is 269 g/mol. The molecule has 1 aromatic carbocycles. The predicted octanol–water partition coefficient (Wildman–Crippen LogP) is 3.63. The van der Waals surface area contributed by atoms with Crippen LogP contribution >= 0.6 is 0 Å². The Balaban J connectivity index is 1.96. The highest BCUT2D eigenvalue weighted by atomic mass is 19.4. The number of benzene rings is 1. The fraction of sp³-hybridized carbons (Fsp3) is 0.214. The molecule has 3 nitrogen and oxygen atoms in total. The van der Waals surface area contributed by atoms with Crippen molar-refractivity contribution in [2.45, 2.75) is 12.8 Å². The van der Waals surface area contributed by atoms with Gasteiger partial charge in [-0.3, -0.25) is 4.98 Å². The van der Waals surface area contributed by atoms with E-state index >= 15 is 0 Å². The van der Waals surface area contributed by atoms with Crippen molar-refractivity contribution in [3.05, 3.63) is 54.4 Å². The predicted molar refractivity (Wildman–Crippen MR) is 69.6 cm³/mol. The topological polar surface area (TPSA) is 34.1 Å². The number of nitrogens with one attached hydrogen (secondary N) is 1. The highest BCUT2D eigenvalue weighted by molar-refractivity contribution is 5.56. The molecule has 1 aromatic heterocycles. The monoisotopic (exact) mass is 282 g/mol. The molecule has 1 heterocycles. The number of rotatable bonds is 5. The first kappa shape index (κ1) is 14.2. The largest absolute Gasteiger partial charge is 0.573 e. The van der Waals surface area contributed by atoms with Crippen LogP contribution in [0.1, 0.15) is 5.56 Å². The van der Waals surface area contributed by atoms with Crippen LogP contribution in [-0.4, -0.2) is 17.9 Å². The van der Waals surface area contributed by atoms with Gasteiger partial charge >= 0.3 is 6.36 Å². The second-order valence-electron chi connectivity index (χ2n) is 4.08. The van der Waals surface area contributed by atoms with Gasteiger partial charge in [-0.05, 0) is 36.2 Å². The van der Waals surface area contributed by atoms with Crippen molar-refractivity contribution in [1.82, 2.24) is 4.98 Å². The average molecular weight is 282 g/mol. The van der Waals surface area contributed by atoms with Crippen LogP contribution in [0.5, 0.6) is 5.75 Å². The van der Waals surface area contributed by atoms with Gasteiger partial charge in [0.2, 0.25) is 0 Å². The van der Waals surface area contributed by atoms with Crippen LogP contribution in [-0.2, 0) is 6.42 Å². The molecule has 6 heteroatoms. The van der Waals surface area contributed by atoms with Crippen LogP contribution in [0.2, 0.25) is 0 Å². The van der Waals surface area contributed by atoms with Gasteiger partial charge in [0.15, 0.2) is 5.75 Å². The lowest BCUT2D eigenvalue weighted by molar-refractivity contribution is -0.274. The first-order valence-electron chi connectivity index (χ1n) is 6.02. The second kappa shape index (κ2) is 6.27. The minimum atomic E-state index is -4.69. The van der Waals surface area contributed by atoms with Crippen LogP contribution in [0.3, 0.4) is 0 Å². The maximum Gasteiger partial charge on any atom is 0.573 e. The third kappa shape index (κ3) is 4.46. The van der Waals surface area contributed by atoms with Gasteiger partial charge in [0.1, 0.15) is 0 Å². The van der Waals surface area contributed by atoms with Crippen molar-refractivity contribution in [2.24, 2.45) is 0 Å². The molecule has 0 radical (unpaired) electrons. The summed E-state index contributed by atoms with van der Waals surface area (Å²) in [6.07, 6.45) is -0.655. The summed E-state index contributed by atoms with van der Waals surface area (Å²) in [6.45, 7) is 0.502. The molecule has 0 fully saturated rings. The van der Waals surface area contributed by atoms with Gasteiger partial charge in [0.05, 0.1) is 5.69 Å². The zero-order valence-electron chi connectivity index (χ0n) is 10.5. The molecule has 2 aromatic rings. The molecule has 0 aliphatic carbocycles. The van der Waals surface area contributed by atoms with E-state index in [0.717, 1.165) is 5.56 Å². The average Bonchev–Trinajstić information content (AvgIpc) is 2.40. The van der Waals surface area contributed by atoms with E-state index in [1.807, 2.05) is 12.1 Å². The van der Waals surface area contributed by atoms with E-state index in [-0.39, 0.29) is 5.75 Å². The molecule has 1 N–H and O–H groups in total. The van der Waals surface area contributed by atoms with E-state index < -0.39 is 6.36 Å². The molecule has 0 atom stereocenters. The van der Waals surface area contributed by atoms with Crippen LogP contribution in [0, 0.1) is 0 Å². The van der Waals surface area contributed by atoms with Crippen molar-refractivity contribution in [3.8, 4) is 5.75 Å². The zero-order valence-corrected chi connectivity index (χ0v) is 10.5. The molecule has 2 rings (SSSR count). The van der Waals surface area contributed by atoms with E-state index in [0.29, 0.717) is 18.7 Å². The SMILES string of the molecule is FC(F)(F)Oc1ccccc1NCCc1ccncc1. The maximum absolute atomic E-state index is 12.3. The zero-order chi connectivity index (χ0) is 14.4. The highest BCUT2D eigenvalue weighted by Gasteiger charge is 2.31. The van der Waals surface area contributed by atoms with Gasteiger partial charge in [-0.1, -0.05) is 12.1 Å². The molecule has 0 bridgehead atoms. The minimum Gasteiger partial charge on any atom is -0.404 e. The van der Waals surface area contributed by atoms with Gasteiger partial charge in [0, 0.05) is 18.9 Å². The Bertz CT molecular complexity index is 544. The Labute approximate surface area is 114 Å². The third-order valence-electron chi connectivity index (χ3n) is 2.59. The Morgan fingerprint density at radius 1 is 1.05 bits per heavy atom. The fourth-order valence-corrected chi connectivity index (χ4v) is 1.72. The van der Waals surface area contributed by atoms with Crippen molar-refractivity contribution in [3.63, 3.8) is 0 Å². The normalized spacial score (nSPS) is 11.2. The van der Waals surface area contributed by atoms with Crippen LogP contribution in [0.15, 0.2) is 48.8 Å². The molecule has 106 valence electrons. The molecule has 0 saturated carbocycles. The number of anilines is 1. The summed E-state index contributed by atoms with van der Waals surface area (Å²) >= 11 is 0. The Kier molecular flexibility index (Phi) is 4.45. The first-order valence-corrected chi connectivity index (χ1v) is 6.02. The summed E-state index contributed by atoms with van der Waals surface area (Å²) in [7, 11) is 0. The Hall–Kier alpha value is -2.24. The van der Waals surface area contributed by atoms with E-state index in [2.05, 4.69) is 15.0 Å². The van der Waals surface area contributed by atoms with Crippen LogP contribution in [0.4, 0.5) is 18.9 Å². The quantitative estimate of drug-likeness (QED) is 0.909. The molecule has 0 unspecified atom stereocenters. The number of pyridine rings is 1. The summed E-state index contributed by atoms with van der Waals surface area (Å²) in [6, 6.07) is 9.70. The molecule has 0 saturated heterocycles. The minimum absolute atomic E-state index is 0.227. The van der Waals surface area contributed by atoms with Gasteiger partial charge < -0.3 is 10.1 Å². The molecular formula is C14H13F3N2O. The maximum atomic E-state index is 12.3. The number of para-hydroxylation sites is 2. The molecule has 0 amide bonds. The number of nitrogens with zero attached hydrogens (tertiary/aromatic N) is 1. The van der Waals surface area contributed by atoms with Crippen LogP contribution < -0.4 is 10.1 Å². The summed E-state index contributed by atoms with van der Waals surface area (Å²) in [4.78, 5) is 3.90. The summed E-state index contributed by atoms with van der Waals surface area (Å²) in [5.74, 6) is -0.227. The summed E-state index contributed by atoms with van der Waals surface area (Å²) < 4.78 is 40.7. The van der Waals surface area contributed by atoms with Crippen molar-refractivity contribution < 1.29 is 17.9 Å². The molecule has 20 heavy (non-hydrogen) atoms. The van der Waals surface area contributed by atoms with E-state index in [1.165, 1.54) is 12.1 Å². The molecule has 0 aliphatic rings. The number of halogens is 3. The van der Waals surface area contributed by atoms with E-state index in [9.17, 15) is 13.2 Å². The fourth-order valence-electron chi connectivity index (χ4n) is 1.72.